The van der Waals surface area contributed by atoms with E-state index in [9.17, 15) is 14.0 Å². The lowest BCUT2D eigenvalue weighted by atomic mass is 9.90. The van der Waals surface area contributed by atoms with Gasteiger partial charge in [0.1, 0.15) is 18.2 Å². The van der Waals surface area contributed by atoms with Crippen molar-refractivity contribution in [2.24, 2.45) is 5.92 Å². The molecule has 0 unspecified atom stereocenters. The van der Waals surface area contributed by atoms with Crippen molar-refractivity contribution >= 4 is 23.4 Å². The standard InChI is InChI=1S/C21H24FNO3.C3H6O3/c1-25-20-12-10-18(11-13-20)23(19-9-5-8-17(22)14-19)21(24)26-15-16-6-3-2-4-7-16;1-6-2-3(4)5/h5,8-14,16H,2-4,6-7,15H2,1H3;2H2,1H3,(H,4,5). The number of amides is 1. The van der Waals surface area contributed by atoms with Gasteiger partial charge in [0.25, 0.3) is 0 Å². The summed E-state index contributed by atoms with van der Waals surface area (Å²) in [6, 6.07) is 13.0. The van der Waals surface area contributed by atoms with Crippen molar-refractivity contribution in [2.75, 3.05) is 32.3 Å². The van der Waals surface area contributed by atoms with Crippen LogP contribution in [0.15, 0.2) is 48.5 Å². The van der Waals surface area contributed by atoms with Gasteiger partial charge in [0.05, 0.1) is 25.1 Å². The minimum absolute atomic E-state index is 0.208. The number of hydrogen-bond donors (Lipinski definition) is 1. The van der Waals surface area contributed by atoms with Crippen LogP contribution in [-0.2, 0) is 14.3 Å². The summed E-state index contributed by atoms with van der Waals surface area (Å²) in [5.74, 6) is -0.236. The summed E-state index contributed by atoms with van der Waals surface area (Å²) in [4.78, 5) is 23.7. The molecule has 0 saturated heterocycles. The average molecular weight is 448 g/mol. The van der Waals surface area contributed by atoms with Gasteiger partial charge < -0.3 is 19.3 Å². The summed E-state index contributed by atoms with van der Waals surface area (Å²) in [5, 5.41) is 7.79. The van der Waals surface area contributed by atoms with Gasteiger partial charge in [0.15, 0.2) is 0 Å². The second-order valence-corrected chi connectivity index (χ2v) is 7.42. The molecule has 174 valence electrons. The van der Waals surface area contributed by atoms with E-state index in [0.717, 1.165) is 12.8 Å². The van der Waals surface area contributed by atoms with Gasteiger partial charge >= 0.3 is 12.1 Å². The first-order chi connectivity index (χ1) is 15.4. The van der Waals surface area contributed by atoms with Gasteiger partial charge in [-0.25, -0.2) is 18.9 Å². The molecule has 32 heavy (non-hydrogen) atoms. The highest BCUT2D eigenvalue weighted by Crippen LogP contribution is 2.30. The zero-order valence-electron chi connectivity index (χ0n) is 18.5. The van der Waals surface area contributed by atoms with E-state index < -0.39 is 17.9 Å². The highest BCUT2D eigenvalue weighted by molar-refractivity contribution is 5.96. The van der Waals surface area contributed by atoms with Crippen molar-refractivity contribution in [3.8, 4) is 5.75 Å². The first-order valence-electron chi connectivity index (χ1n) is 10.5. The molecule has 0 aliphatic heterocycles. The van der Waals surface area contributed by atoms with Crippen LogP contribution in [-0.4, -0.2) is 44.6 Å². The van der Waals surface area contributed by atoms with Gasteiger partial charge in [-0.1, -0.05) is 25.3 Å². The third kappa shape index (κ3) is 8.19. The Morgan fingerprint density at radius 1 is 1.03 bits per heavy atom. The van der Waals surface area contributed by atoms with Gasteiger partial charge in [0.2, 0.25) is 0 Å². The number of aliphatic carboxylic acids is 1. The fraction of sp³-hybridized carbons (Fsp3) is 0.417. The summed E-state index contributed by atoms with van der Waals surface area (Å²) >= 11 is 0. The maximum absolute atomic E-state index is 13.7. The first kappa shape index (κ1) is 25.1. The van der Waals surface area contributed by atoms with Crippen molar-refractivity contribution in [2.45, 2.75) is 32.1 Å². The van der Waals surface area contributed by atoms with Gasteiger partial charge in [-0.2, -0.15) is 0 Å². The van der Waals surface area contributed by atoms with E-state index >= 15 is 0 Å². The predicted octanol–water partition coefficient (Wildman–Crippen LogP) is 5.41. The van der Waals surface area contributed by atoms with Crippen LogP contribution >= 0.6 is 0 Å². The molecule has 0 atom stereocenters. The number of anilines is 2. The van der Waals surface area contributed by atoms with E-state index in [0.29, 0.717) is 29.6 Å². The molecule has 2 aromatic rings. The number of carboxylic acids is 1. The molecule has 0 spiro atoms. The SMILES string of the molecule is COCC(=O)O.COc1ccc(N(C(=O)OCC2CCCCC2)c2cccc(F)c2)cc1. The normalized spacial score (nSPS) is 13.5. The van der Waals surface area contributed by atoms with Crippen LogP contribution in [0.4, 0.5) is 20.6 Å². The number of halogens is 1. The zero-order valence-corrected chi connectivity index (χ0v) is 18.5. The maximum Gasteiger partial charge on any atom is 0.418 e. The molecule has 3 rings (SSSR count). The lowest BCUT2D eigenvalue weighted by Crippen LogP contribution is -2.29. The molecule has 0 aromatic heterocycles. The second kappa shape index (κ2) is 13.3. The molecule has 1 fully saturated rings. The van der Waals surface area contributed by atoms with Crippen LogP contribution in [0.1, 0.15) is 32.1 Å². The third-order valence-corrected chi connectivity index (χ3v) is 5.01. The van der Waals surface area contributed by atoms with E-state index in [1.54, 1.807) is 43.5 Å². The third-order valence-electron chi connectivity index (χ3n) is 5.01. The number of rotatable bonds is 7. The molecule has 0 radical (unpaired) electrons. The molecule has 8 heteroatoms. The number of hydrogen-bond acceptors (Lipinski definition) is 5. The largest absolute Gasteiger partial charge is 0.497 e. The molecule has 7 nitrogen and oxygen atoms in total. The Balaban J connectivity index is 0.000000534. The Labute approximate surface area is 187 Å². The molecular formula is C24H30FNO6. The minimum atomic E-state index is -0.933. The van der Waals surface area contributed by atoms with E-state index in [4.69, 9.17) is 14.6 Å². The Bertz CT molecular complexity index is 852. The zero-order chi connectivity index (χ0) is 23.3. The predicted molar refractivity (Wildman–Crippen MR) is 119 cm³/mol. The number of carbonyl (C=O) groups is 2. The van der Waals surface area contributed by atoms with Gasteiger partial charge in [-0.05, 0) is 61.2 Å². The monoisotopic (exact) mass is 447 g/mol. The molecule has 1 aliphatic carbocycles. The van der Waals surface area contributed by atoms with Gasteiger partial charge in [-0.15, -0.1) is 0 Å². The second-order valence-electron chi connectivity index (χ2n) is 7.42. The number of benzene rings is 2. The Morgan fingerprint density at radius 2 is 1.72 bits per heavy atom. The fourth-order valence-corrected chi connectivity index (χ4v) is 3.44. The van der Waals surface area contributed by atoms with Crippen LogP contribution in [0.25, 0.3) is 0 Å². The van der Waals surface area contributed by atoms with E-state index in [1.165, 1.54) is 43.4 Å². The topological polar surface area (TPSA) is 85.3 Å². The molecule has 1 saturated carbocycles. The van der Waals surface area contributed by atoms with Crippen molar-refractivity contribution in [1.29, 1.82) is 0 Å². The molecule has 2 aromatic carbocycles. The lowest BCUT2D eigenvalue weighted by Gasteiger charge is -2.25. The number of ether oxygens (including phenoxy) is 3. The highest BCUT2D eigenvalue weighted by Gasteiger charge is 2.22. The number of nitrogens with zero attached hydrogens (tertiary/aromatic N) is 1. The highest BCUT2D eigenvalue weighted by atomic mass is 19.1. The van der Waals surface area contributed by atoms with Crippen molar-refractivity contribution in [1.82, 2.24) is 0 Å². The Kier molecular flexibility index (Phi) is 10.5. The van der Waals surface area contributed by atoms with Crippen molar-refractivity contribution < 1.29 is 33.3 Å². The number of methoxy groups -OCH3 is 2. The molecular weight excluding hydrogens is 417 g/mol. The quantitative estimate of drug-likeness (QED) is 0.611. The van der Waals surface area contributed by atoms with Gasteiger partial charge in [-0.3, -0.25) is 0 Å². The van der Waals surface area contributed by atoms with Crippen LogP contribution in [0.3, 0.4) is 0 Å². The summed E-state index contributed by atoms with van der Waals surface area (Å²) in [6.07, 6.45) is 5.33. The Morgan fingerprint density at radius 3 is 2.25 bits per heavy atom. The average Bonchev–Trinajstić information content (AvgIpc) is 2.79. The fourth-order valence-electron chi connectivity index (χ4n) is 3.44. The van der Waals surface area contributed by atoms with Crippen LogP contribution in [0.2, 0.25) is 0 Å². The van der Waals surface area contributed by atoms with Crippen LogP contribution < -0.4 is 9.64 Å². The molecule has 1 N–H and O–H groups in total. The van der Waals surface area contributed by atoms with E-state index in [-0.39, 0.29) is 6.61 Å². The maximum atomic E-state index is 13.7. The van der Waals surface area contributed by atoms with E-state index in [1.807, 2.05) is 0 Å². The molecule has 0 bridgehead atoms. The summed E-state index contributed by atoms with van der Waals surface area (Å²) in [5.41, 5.74) is 1.04. The van der Waals surface area contributed by atoms with E-state index in [2.05, 4.69) is 4.74 Å². The van der Waals surface area contributed by atoms with Gasteiger partial charge in [0, 0.05) is 7.11 Å². The van der Waals surface area contributed by atoms with Crippen molar-refractivity contribution in [3.63, 3.8) is 0 Å². The Hall–Kier alpha value is -3.13. The minimum Gasteiger partial charge on any atom is -0.497 e. The first-order valence-corrected chi connectivity index (χ1v) is 10.5. The molecule has 0 heterocycles. The number of carbonyl (C=O) groups excluding carboxylic acids is 1. The van der Waals surface area contributed by atoms with Crippen molar-refractivity contribution in [3.05, 3.63) is 54.3 Å². The molecule has 1 amide bonds. The lowest BCUT2D eigenvalue weighted by molar-refractivity contribution is -0.141. The number of carboxylic acid groups (broad SMARTS) is 1. The molecule has 1 aliphatic rings. The summed E-state index contributed by atoms with van der Waals surface area (Å²) in [7, 11) is 2.92. The summed E-state index contributed by atoms with van der Waals surface area (Å²) in [6.45, 7) is 0.195. The summed E-state index contributed by atoms with van der Waals surface area (Å²) < 4.78 is 28.7. The van der Waals surface area contributed by atoms with Crippen LogP contribution in [0, 0.1) is 11.7 Å². The van der Waals surface area contributed by atoms with Crippen LogP contribution in [0.5, 0.6) is 5.75 Å². The smallest absolute Gasteiger partial charge is 0.418 e.